The van der Waals surface area contributed by atoms with Gasteiger partial charge in [-0.15, -0.1) is 0 Å². The molecule has 1 fully saturated rings. The van der Waals surface area contributed by atoms with E-state index in [1.807, 2.05) is 11.8 Å². The molecular weight excluding hydrogens is 236 g/mol. The Morgan fingerprint density at radius 3 is 3.06 bits per heavy atom. The molecule has 0 amide bonds. The highest BCUT2D eigenvalue weighted by molar-refractivity contribution is 5.68. The van der Waals surface area contributed by atoms with E-state index in [1.165, 1.54) is 13.4 Å². The van der Waals surface area contributed by atoms with Gasteiger partial charge in [0.15, 0.2) is 5.82 Å². The van der Waals surface area contributed by atoms with Crippen LogP contribution in [0.1, 0.15) is 6.92 Å². The molecule has 2 heterocycles. The Morgan fingerprint density at radius 2 is 2.39 bits per heavy atom. The Labute approximate surface area is 106 Å². The Hall–Kier alpha value is -1.60. The van der Waals surface area contributed by atoms with Crippen molar-refractivity contribution in [3.05, 3.63) is 6.33 Å². The summed E-state index contributed by atoms with van der Waals surface area (Å²) in [5.41, 5.74) is 6.39. The maximum atomic E-state index is 9.17. The maximum Gasteiger partial charge on any atom is 0.242 e. The number of ether oxygens (including phenoxy) is 2. The van der Waals surface area contributed by atoms with Gasteiger partial charge in [0.1, 0.15) is 12.0 Å². The third kappa shape index (κ3) is 2.32. The average Bonchev–Trinajstić information content (AvgIpc) is 2.40. The summed E-state index contributed by atoms with van der Waals surface area (Å²) in [6.07, 6.45) is 1.20. The fourth-order valence-corrected chi connectivity index (χ4v) is 1.99. The van der Waals surface area contributed by atoms with E-state index in [4.69, 9.17) is 15.2 Å². The van der Waals surface area contributed by atoms with Gasteiger partial charge in [0.05, 0.1) is 32.5 Å². The molecule has 1 saturated heterocycles. The molecule has 1 aliphatic rings. The van der Waals surface area contributed by atoms with Gasteiger partial charge in [0.2, 0.25) is 5.88 Å². The first-order valence-corrected chi connectivity index (χ1v) is 5.81. The Bertz CT molecular complexity index is 415. The van der Waals surface area contributed by atoms with Crippen molar-refractivity contribution in [2.75, 3.05) is 37.5 Å². The SMILES string of the molecule is COc1ncnc(N2CC(CO)OCC2C)c1N. The van der Waals surface area contributed by atoms with Crippen molar-refractivity contribution in [3.63, 3.8) is 0 Å². The molecule has 0 aromatic carbocycles. The highest BCUT2D eigenvalue weighted by Gasteiger charge is 2.28. The van der Waals surface area contributed by atoms with Gasteiger partial charge in [0, 0.05) is 6.54 Å². The molecule has 2 atom stereocenters. The second kappa shape index (κ2) is 5.36. The van der Waals surface area contributed by atoms with Crippen molar-refractivity contribution in [3.8, 4) is 5.88 Å². The number of methoxy groups -OCH3 is 1. The zero-order valence-corrected chi connectivity index (χ0v) is 10.5. The van der Waals surface area contributed by atoms with Crippen molar-refractivity contribution < 1.29 is 14.6 Å². The van der Waals surface area contributed by atoms with Crippen LogP contribution in [0.5, 0.6) is 5.88 Å². The highest BCUT2D eigenvalue weighted by Crippen LogP contribution is 2.30. The van der Waals surface area contributed by atoms with Crippen LogP contribution in [-0.4, -0.2) is 54.1 Å². The van der Waals surface area contributed by atoms with E-state index in [0.717, 1.165) is 0 Å². The Morgan fingerprint density at radius 1 is 1.61 bits per heavy atom. The van der Waals surface area contributed by atoms with Crippen LogP contribution in [-0.2, 0) is 4.74 Å². The number of aliphatic hydroxyl groups excluding tert-OH is 1. The standard InChI is InChI=1S/C11H18N4O3/c1-7-5-18-8(4-16)3-15(7)10-9(12)11(17-2)14-6-13-10/h6-8,16H,3-5,12H2,1-2H3. The third-order valence-corrected chi connectivity index (χ3v) is 3.00. The van der Waals surface area contributed by atoms with Crippen LogP contribution in [0.4, 0.5) is 11.5 Å². The van der Waals surface area contributed by atoms with Crippen LogP contribution >= 0.6 is 0 Å². The molecular formula is C11H18N4O3. The lowest BCUT2D eigenvalue weighted by molar-refractivity contribution is -0.0105. The number of nitrogen functional groups attached to an aromatic ring is 1. The van der Waals surface area contributed by atoms with Crippen LogP contribution in [0, 0.1) is 0 Å². The summed E-state index contributed by atoms with van der Waals surface area (Å²) >= 11 is 0. The van der Waals surface area contributed by atoms with Crippen LogP contribution in [0.25, 0.3) is 0 Å². The minimum atomic E-state index is -0.221. The number of rotatable bonds is 3. The summed E-state index contributed by atoms with van der Waals surface area (Å²) in [7, 11) is 1.52. The molecule has 1 aromatic rings. The first kappa shape index (κ1) is 12.8. The van der Waals surface area contributed by atoms with Gasteiger partial charge in [-0.1, -0.05) is 0 Å². The molecule has 7 nitrogen and oxygen atoms in total. The quantitative estimate of drug-likeness (QED) is 0.761. The molecule has 0 radical (unpaired) electrons. The summed E-state index contributed by atoms with van der Waals surface area (Å²) in [6.45, 7) is 3.06. The first-order valence-electron chi connectivity index (χ1n) is 5.81. The number of nitrogens with zero attached hydrogens (tertiary/aromatic N) is 3. The number of aromatic nitrogens is 2. The van der Waals surface area contributed by atoms with Crippen LogP contribution in [0.15, 0.2) is 6.33 Å². The topological polar surface area (TPSA) is 93.7 Å². The predicted octanol–water partition coefficient (Wildman–Crippen LogP) is -0.347. The molecule has 0 aliphatic carbocycles. The summed E-state index contributed by atoms with van der Waals surface area (Å²) in [6, 6.07) is 0.134. The normalized spacial score (nSPS) is 24.1. The van der Waals surface area contributed by atoms with E-state index in [0.29, 0.717) is 30.5 Å². The van der Waals surface area contributed by atoms with Crippen molar-refractivity contribution in [1.82, 2.24) is 9.97 Å². The van der Waals surface area contributed by atoms with Gasteiger partial charge >= 0.3 is 0 Å². The number of morpholine rings is 1. The molecule has 0 saturated carbocycles. The van der Waals surface area contributed by atoms with Crippen LogP contribution < -0.4 is 15.4 Å². The van der Waals surface area contributed by atoms with E-state index in [-0.39, 0.29) is 18.8 Å². The molecule has 2 rings (SSSR count). The van der Waals surface area contributed by atoms with Crippen molar-refractivity contribution in [2.24, 2.45) is 0 Å². The minimum absolute atomic E-state index is 0.0225. The highest BCUT2D eigenvalue weighted by atomic mass is 16.5. The zero-order valence-electron chi connectivity index (χ0n) is 10.5. The van der Waals surface area contributed by atoms with E-state index in [2.05, 4.69) is 9.97 Å². The summed E-state index contributed by atoms with van der Waals surface area (Å²) in [4.78, 5) is 10.2. The van der Waals surface area contributed by atoms with Crippen LogP contribution in [0.2, 0.25) is 0 Å². The molecule has 7 heteroatoms. The first-order chi connectivity index (χ1) is 8.67. The largest absolute Gasteiger partial charge is 0.479 e. The van der Waals surface area contributed by atoms with E-state index in [1.54, 1.807) is 0 Å². The van der Waals surface area contributed by atoms with Gasteiger partial charge in [-0.05, 0) is 6.92 Å². The molecule has 2 unspecified atom stereocenters. The van der Waals surface area contributed by atoms with Gasteiger partial charge in [-0.3, -0.25) is 0 Å². The fourth-order valence-electron chi connectivity index (χ4n) is 1.99. The van der Waals surface area contributed by atoms with Crippen molar-refractivity contribution in [1.29, 1.82) is 0 Å². The minimum Gasteiger partial charge on any atom is -0.479 e. The van der Waals surface area contributed by atoms with Gasteiger partial charge in [-0.25, -0.2) is 4.98 Å². The third-order valence-electron chi connectivity index (χ3n) is 3.00. The number of hydrogen-bond acceptors (Lipinski definition) is 7. The lowest BCUT2D eigenvalue weighted by Crippen LogP contribution is -2.50. The van der Waals surface area contributed by atoms with E-state index < -0.39 is 0 Å². The summed E-state index contributed by atoms with van der Waals surface area (Å²) < 4.78 is 10.6. The molecule has 3 N–H and O–H groups in total. The second-order valence-electron chi connectivity index (χ2n) is 4.26. The lowest BCUT2D eigenvalue weighted by Gasteiger charge is -2.38. The fraction of sp³-hybridized carbons (Fsp3) is 0.636. The Kier molecular flexibility index (Phi) is 3.83. The molecule has 1 aliphatic heterocycles. The van der Waals surface area contributed by atoms with Crippen LogP contribution in [0.3, 0.4) is 0 Å². The maximum absolute atomic E-state index is 9.17. The number of nitrogens with two attached hydrogens (primary N) is 1. The lowest BCUT2D eigenvalue weighted by atomic mass is 10.2. The monoisotopic (exact) mass is 254 g/mol. The van der Waals surface area contributed by atoms with Crippen molar-refractivity contribution in [2.45, 2.75) is 19.1 Å². The molecule has 1 aromatic heterocycles. The van der Waals surface area contributed by atoms with Gasteiger partial charge in [0.25, 0.3) is 0 Å². The van der Waals surface area contributed by atoms with Gasteiger partial charge < -0.3 is 25.2 Å². The van der Waals surface area contributed by atoms with Gasteiger partial charge in [-0.2, -0.15) is 4.98 Å². The Balaban J connectivity index is 2.28. The number of anilines is 2. The van der Waals surface area contributed by atoms with Crippen molar-refractivity contribution >= 4 is 11.5 Å². The summed E-state index contributed by atoms with van der Waals surface area (Å²) in [5.74, 6) is 0.982. The predicted molar refractivity (Wildman–Crippen MR) is 66.6 cm³/mol. The summed E-state index contributed by atoms with van der Waals surface area (Å²) in [5, 5.41) is 9.17. The number of hydrogen-bond donors (Lipinski definition) is 2. The molecule has 0 bridgehead atoms. The molecule has 100 valence electrons. The smallest absolute Gasteiger partial charge is 0.242 e. The van der Waals surface area contributed by atoms with E-state index >= 15 is 0 Å². The average molecular weight is 254 g/mol. The number of aliphatic hydroxyl groups is 1. The second-order valence-corrected chi connectivity index (χ2v) is 4.26. The van der Waals surface area contributed by atoms with E-state index in [9.17, 15) is 5.11 Å². The molecule has 0 spiro atoms. The zero-order chi connectivity index (χ0) is 13.1. The molecule has 18 heavy (non-hydrogen) atoms.